The average molecular weight is 330 g/mol. The van der Waals surface area contributed by atoms with E-state index in [0.29, 0.717) is 9.90 Å². The average Bonchev–Trinajstić information content (AvgIpc) is 3.19. The van der Waals surface area contributed by atoms with Gasteiger partial charge in [0.15, 0.2) is 0 Å². The summed E-state index contributed by atoms with van der Waals surface area (Å²) in [7, 11) is 0. The van der Waals surface area contributed by atoms with Crippen LogP contribution in [0.5, 0.6) is 0 Å². The minimum absolute atomic E-state index is 0.232. The number of hydrogen-bond acceptors (Lipinski definition) is 3. The Kier molecular flexibility index (Phi) is 4.37. The number of nitrogens with one attached hydrogen (secondary N) is 1. The molecule has 2 heterocycles. The van der Waals surface area contributed by atoms with Crippen molar-refractivity contribution in [1.82, 2.24) is 9.99 Å². The molecule has 22 heavy (non-hydrogen) atoms. The summed E-state index contributed by atoms with van der Waals surface area (Å²) in [6, 6.07) is 12.9. The summed E-state index contributed by atoms with van der Waals surface area (Å²) < 4.78 is 1.90. The summed E-state index contributed by atoms with van der Waals surface area (Å²) in [6.45, 7) is 0. The largest absolute Gasteiger partial charge is 0.322 e. The molecule has 0 saturated carbocycles. The van der Waals surface area contributed by atoms with Crippen LogP contribution < -0.4 is 5.43 Å². The van der Waals surface area contributed by atoms with Crippen LogP contribution in [0.2, 0.25) is 5.02 Å². The highest BCUT2D eigenvalue weighted by Gasteiger charge is 2.13. The second-order valence-corrected chi connectivity index (χ2v) is 5.83. The summed E-state index contributed by atoms with van der Waals surface area (Å²) in [5, 5.41) is 6.52. The first-order valence-corrected chi connectivity index (χ1v) is 7.79. The lowest BCUT2D eigenvalue weighted by atomic mass is 10.2. The molecule has 0 aliphatic rings. The quantitative estimate of drug-likeness (QED) is 0.571. The van der Waals surface area contributed by atoms with Crippen LogP contribution in [-0.2, 0) is 0 Å². The predicted octanol–water partition coefficient (Wildman–Crippen LogP) is 3.96. The van der Waals surface area contributed by atoms with Crippen LogP contribution in [0, 0.1) is 0 Å². The summed E-state index contributed by atoms with van der Waals surface area (Å²) >= 11 is 7.19. The van der Waals surface area contributed by atoms with E-state index in [1.54, 1.807) is 18.3 Å². The van der Waals surface area contributed by atoms with E-state index in [2.05, 4.69) is 10.5 Å². The van der Waals surface area contributed by atoms with Crippen molar-refractivity contribution >= 4 is 35.1 Å². The smallest absolute Gasteiger partial charge is 0.283 e. The van der Waals surface area contributed by atoms with Gasteiger partial charge in [-0.3, -0.25) is 4.79 Å². The standard InChI is InChI=1S/C16H12ClN3OS/c17-13-5-3-12(4-6-13)11-18-19-16(21)15-14(7-10-22-15)20-8-1-2-9-20/h1-11H,(H,19,21). The molecule has 110 valence electrons. The van der Waals surface area contributed by atoms with E-state index < -0.39 is 0 Å². The van der Waals surface area contributed by atoms with Crippen LogP contribution >= 0.6 is 22.9 Å². The van der Waals surface area contributed by atoms with E-state index in [0.717, 1.165) is 11.3 Å². The Morgan fingerprint density at radius 2 is 1.91 bits per heavy atom. The SMILES string of the molecule is O=C(NN=Cc1ccc(Cl)cc1)c1sccc1-n1cccc1. The first-order chi connectivity index (χ1) is 10.7. The van der Waals surface area contributed by atoms with Crippen molar-refractivity contribution in [3.63, 3.8) is 0 Å². The van der Waals surface area contributed by atoms with Crippen molar-refractivity contribution in [3.05, 3.63) is 75.7 Å². The van der Waals surface area contributed by atoms with Crippen LogP contribution in [0.4, 0.5) is 0 Å². The topological polar surface area (TPSA) is 46.4 Å². The molecular formula is C16H12ClN3OS. The molecule has 1 N–H and O–H groups in total. The minimum Gasteiger partial charge on any atom is -0.322 e. The zero-order valence-electron chi connectivity index (χ0n) is 11.4. The third-order valence-corrected chi connectivity index (χ3v) is 4.14. The fourth-order valence-corrected chi connectivity index (χ4v) is 2.84. The number of hydrogen-bond donors (Lipinski definition) is 1. The molecule has 3 aromatic rings. The minimum atomic E-state index is -0.232. The molecule has 4 nitrogen and oxygen atoms in total. The molecule has 0 aliphatic heterocycles. The molecule has 3 rings (SSSR count). The maximum atomic E-state index is 12.2. The molecule has 6 heteroatoms. The monoisotopic (exact) mass is 329 g/mol. The molecular weight excluding hydrogens is 318 g/mol. The van der Waals surface area contributed by atoms with E-state index >= 15 is 0 Å². The number of carbonyl (C=O) groups excluding carboxylic acids is 1. The van der Waals surface area contributed by atoms with Crippen molar-refractivity contribution in [1.29, 1.82) is 0 Å². The van der Waals surface area contributed by atoms with E-state index in [1.807, 2.05) is 52.7 Å². The maximum Gasteiger partial charge on any atom is 0.283 e. The molecule has 0 saturated heterocycles. The summed E-state index contributed by atoms with van der Waals surface area (Å²) in [4.78, 5) is 12.8. The molecule has 2 aromatic heterocycles. The van der Waals surface area contributed by atoms with Gasteiger partial charge in [0.1, 0.15) is 4.88 Å². The van der Waals surface area contributed by atoms with Gasteiger partial charge in [-0.1, -0.05) is 23.7 Å². The van der Waals surface area contributed by atoms with E-state index in [9.17, 15) is 4.79 Å². The lowest BCUT2D eigenvalue weighted by Crippen LogP contribution is -2.17. The van der Waals surface area contributed by atoms with Gasteiger partial charge in [0.05, 0.1) is 11.9 Å². The van der Waals surface area contributed by atoms with Crippen molar-refractivity contribution in [2.75, 3.05) is 0 Å². The van der Waals surface area contributed by atoms with Gasteiger partial charge in [0, 0.05) is 17.4 Å². The van der Waals surface area contributed by atoms with Gasteiger partial charge >= 0.3 is 0 Å². The summed E-state index contributed by atoms with van der Waals surface area (Å²) in [5.74, 6) is -0.232. The Morgan fingerprint density at radius 1 is 1.18 bits per heavy atom. The fraction of sp³-hybridized carbons (Fsp3) is 0. The maximum absolute atomic E-state index is 12.2. The normalized spacial score (nSPS) is 11.0. The van der Waals surface area contributed by atoms with Crippen molar-refractivity contribution in [2.24, 2.45) is 5.10 Å². The molecule has 0 radical (unpaired) electrons. The molecule has 1 amide bonds. The first-order valence-electron chi connectivity index (χ1n) is 6.54. The second kappa shape index (κ2) is 6.60. The molecule has 1 aromatic carbocycles. The van der Waals surface area contributed by atoms with Gasteiger partial charge < -0.3 is 4.57 Å². The number of carbonyl (C=O) groups is 1. The molecule has 0 fully saturated rings. The highest BCUT2D eigenvalue weighted by Crippen LogP contribution is 2.21. The van der Waals surface area contributed by atoms with Crippen molar-refractivity contribution in [2.45, 2.75) is 0 Å². The first kappa shape index (κ1) is 14.6. The van der Waals surface area contributed by atoms with E-state index in [1.165, 1.54) is 11.3 Å². The molecule has 0 spiro atoms. The number of thiophene rings is 1. The van der Waals surface area contributed by atoms with Gasteiger partial charge in [0.2, 0.25) is 0 Å². The number of halogens is 1. The number of amides is 1. The highest BCUT2D eigenvalue weighted by atomic mass is 35.5. The number of hydrazone groups is 1. The Balaban J connectivity index is 1.70. The predicted molar refractivity (Wildman–Crippen MR) is 90.2 cm³/mol. The molecule has 0 aliphatic carbocycles. The van der Waals surface area contributed by atoms with Gasteiger partial charge in [-0.05, 0) is 41.3 Å². The summed E-state index contributed by atoms with van der Waals surface area (Å²) in [6.07, 6.45) is 5.38. The zero-order valence-corrected chi connectivity index (χ0v) is 13.0. The second-order valence-electron chi connectivity index (χ2n) is 4.48. The lowest BCUT2D eigenvalue weighted by molar-refractivity contribution is 0.0959. The third-order valence-electron chi connectivity index (χ3n) is 2.98. The Bertz CT molecular complexity index is 791. The van der Waals surface area contributed by atoms with Crippen LogP contribution in [0.3, 0.4) is 0 Å². The van der Waals surface area contributed by atoms with Crippen molar-refractivity contribution < 1.29 is 4.79 Å². The molecule has 0 bridgehead atoms. The van der Waals surface area contributed by atoms with Crippen LogP contribution in [0.25, 0.3) is 5.69 Å². The van der Waals surface area contributed by atoms with Crippen molar-refractivity contribution in [3.8, 4) is 5.69 Å². The number of rotatable bonds is 4. The number of aromatic nitrogens is 1. The van der Waals surface area contributed by atoms with Crippen LogP contribution in [0.1, 0.15) is 15.2 Å². The molecule has 0 unspecified atom stereocenters. The van der Waals surface area contributed by atoms with E-state index in [4.69, 9.17) is 11.6 Å². The Morgan fingerprint density at radius 3 is 2.64 bits per heavy atom. The van der Waals surface area contributed by atoms with Crippen LogP contribution in [0.15, 0.2) is 65.3 Å². The van der Waals surface area contributed by atoms with Gasteiger partial charge in [-0.25, -0.2) is 5.43 Å². The lowest BCUT2D eigenvalue weighted by Gasteiger charge is -2.03. The zero-order chi connectivity index (χ0) is 15.4. The number of nitrogens with zero attached hydrogens (tertiary/aromatic N) is 2. The van der Waals surface area contributed by atoms with Crippen LogP contribution in [-0.4, -0.2) is 16.7 Å². The third kappa shape index (κ3) is 3.27. The highest BCUT2D eigenvalue weighted by molar-refractivity contribution is 7.12. The van der Waals surface area contributed by atoms with E-state index in [-0.39, 0.29) is 5.91 Å². The van der Waals surface area contributed by atoms with Gasteiger partial charge in [-0.2, -0.15) is 5.10 Å². The van der Waals surface area contributed by atoms with Gasteiger partial charge in [-0.15, -0.1) is 11.3 Å². The fourth-order valence-electron chi connectivity index (χ4n) is 1.94. The number of benzene rings is 1. The summed E-state index contributed by atoms with van der Waals surface area (Å²) in [5.41, 5.74) is 4.25. The molecule has 0 atom stereocenters. The Labute approximate surface area is 136 Å². The Hall–Kier alpha value is -2.37. The van der Waals surface area contributed by atoms with Gasteiger partial charge in [0.25, 0.3) is 5.91 Å².